The van der Waals surface area contributed by atoms with Crippen LogP contribution in [0.4, 0.5) is 13.2 Å². The Morgan fingerprint density at radius 1 is 1.35 bits per heavy atom. The SMILES string of the molecule is C[C@H]1CC2=N[N+](C3CC3)=CC2c2onc([C@@](C)(O)C(F)(F)F)c21. The molecule has 8 heteroatoms. The quantitative estimate of drug-likeness (QED) is 0.849. The molecule has 3 aliphatic rings. The van der Waals surface area contributed by atoms with Crippen LogP contribution in [0.1, 0.15) is 62.0 Å². The summed E-state index contributed by atoms with van der Waals surface area (Å²) in [7, 11) is 0. The van der Waals surface area contributed by atoms with Gasteiger partial charge in [0.05, 0.1) is 0 Å². The number of aromatic nitrogens is 1. The van der Waals surface area contributed by atoms with Crippen molar-refractivity contribution in [2.45, 2.75) is 62.8 Å². The van der Waals surface area contributed by atoms with Crippen molar-refractivity contribution in [3.8, 4) is 0 Å². The van der Waals surface area contributed by atoms with E-state index in [2.05, 4.69) is 10.3 Å². The van der Waals surface area contributed by atoms with Crippen molar-refractivity contribution in [1.29, 1.82) is 0 Å². The zero-order chi connectivity index (χ0) is 16.6. The molecular weight excluding hydrogens is 311 g/mol. The van der Waals surface area contributed by atoms with Crippen molar-refractivity contribution in [2.75, 3.05) is 0 Å². The van der Waals surface area contributed by atoms with Gasteiger partial charge in [-0.15, -0.1) is 0 Å². The Labute approximate surface area is 130 Å². The van der Waals surface area contributed by atoms with E-state index >= 15 is 0 Å². The molecule has 1 N–H and O–H groups in total. The lowest BCUT2D eigenvalue weighted by molar-refractivity contribution is -0.540. The van der Waals surface area contributed by atoms with E-state index in [1.807, 2.05) is 17.8 Å². The third-order valence-corrected chi connectivity index (χ3v) is 4.89. The van der Waals surface area contributed by atoms with Gasteiger partial charge in [0, 0.05) is 18.4 Å². The van der Waals surface area contributed by atoms with Crippen molar-refractivity contribution in [3.05, 3.63) is 17.0 Å². The van der Waals surface area contributed by atoms with Crippen molar-refractivity contribution in [3.63, 3.8) is 0 Å². The Morgan fingerprint density at radius 3 is 2.65 bits per heavy atom. The van der Waals surface area contributed by atoms with Crippen LogP contribution in [0.15, 0.2) is 9.62 Å². The van der Waals surface area contributed by atoms with Crippen LogP contribution < -0.4 is 0 Å². The van der Waals surface area contributed by atoms with E-state index < -0.39 is 17.5 Å². The van der Waals surface area contributed by atoms with E-state index in [-0.39, 0.29) is 11.8 Å². The number of fused-ring (bicyclic) bond motifs is 3. The number of alkyl halides is 3. The lowest BCUT2D eigenvalue weighted by Gasteiger charge is -2.27. The second-order valence-electron chi connectivity index (χ2n) is 6.81. The predicted octanol–water partition coefficient (Wildman–Crippen LogP) is 2.65. The second-order valence-corrected chi connectivity index (χ2v) is 6.81. The molecule has 1 unspecified atom stereocenters. The third-order valence-electron chi connectivity index (χ3n) is 4.89. The zero-order valence-corrected chi connectivity index (χ0v) is 12.8. The first-order valence-corrected chi connectivity index (χ1v) is 7.70. The number of rotatable bonds is 2. The average Bonchev–Trinajstić information content (AvgIpc) is 3.04. The standard InChI is InChI=1S/C15H17F3N3O2/c1-7-5-10-9(6-21(19-10)8-3-4-8)12-11(7)13(20-23-12)14(2,22)15(16,17)18/h6-9,22H,3-5H2,1-2H3/q+1/t7-,9?,14+/m0/s1. The maximum atomic E-state index is 13.2. The van der Waals surface area contributed by atoms with Crippen molar-refractivity contribution in [1.82, 2.24) is 5.16 Å². The number of hydrogen-bond donors (Lipinski definition) is 1. The molecule has 23 heavy (non-hydrogen) atoms. The molecule has 3 atom stereocenters. The molecule has 1 aromatic heterocycles. The molecule has 1 saturated carbocycles. The minimum Gasteiger partial charge on any atom is -0.375 e. The molecule has 0 spiro atoms. The summed E-state index contributed by atoms with van der Waals surface area (Å²) >= 11 is 0. The first-order chi connectivity index (χ1) is 10.7. The lowest BCUT2D eigenvalue weighted by atomic mass is 9.78. The minimum atomic E-state index is -4.81. The summed E-state index contributed by atoms with van der Waals surface area (Å²) in [6.45, 7) is 2.53. The first kappa shape index (κ1) is 14.9. The van der Waals surface area contributed by atoms with E-state index in [0.29, 0.717) is 23.8 Å². The number of hydrazone groups is 1. The van der Waals surface area contributed by atoms with Crippen LogP contribution in [-0.2, 0) is 5.60 Å². The van der Waals surface area contributed by atoms with E-state index in [1.165, 1.54) is 0 Å². The maximum Gasteiger partial charge on any atom is 0.422 e. The maximum absolute atomic E-state index is 13.2. The normalized spacial score (nSPS) is 29.5. The zero-order valence-electron chi connectivity index (χ0n) is 12.8. The fraction of sp³-hybridized carbons (Fsp3) is 0.667. The van der Waals surface area contributed by atoms with Gasteiger partial charge in [0.1, 0.15) is 17.3 Å². The van der Waals surface area contributed by atoms with Gasteiger partial charge < -0.3 is 9.63 Å². The summed E-state index contributed by atoms with van der Waals surface area (Å²) < 4.78 is 46.6. The molecule has 5 nitrogen and oxygen atoms in total. The van der Waals surface area contributed by atoms with Gasteiger partial charge in [0.2, 0.25) is 5.60 Å². The lowest BCUT2D eigenvalue weighted by Crippen LogP contribution is -2.41. The van der Waals surface area contributed by atoms with Gasteiger partial charge in [-0.1, -0.05) is 16.8 Å². The fourth-order valence-electron chi connectivity index (χ4n) is 3.32. The highest BCUT2D eigenvalue weighted by molar-refractivity contribution is 6.05. The largest absolute Gasteiger partial charge is 0.422 e. The fourth-order valence-corrected chi connectivity index (χ4v) is 3.32. The molecule has 2 heterocycles. The van der Waals surface area contributed by atoms with Crippen LogP contribution in [0.5, 0.6) is 0 Å². The van der Waals surface area contributed by atoms with Gasteiger partial charge in [-0.2, -0.15) is 13.2 Å². The number of nitrogens with zero attached hydrogens (tertiary/aromatic N) is 3. The molecule has 2 aliphatic carbocycles. The van der Waals surface area contributed by atoms with Crippen LogP contribution in [0, 0.1) is 0 Å². The summed E-state index contributed by atoms with van der Waals surface area (Å²) in [6.07, 6.45) is -0.223. The molecule has 1 fully saturated rings. The van der Waals surface area contributed by atoms with Gasteiger partial charge in [-0.05, 0) is 24.4 Å². The number of halogens is 3. The van der Waals surface area contributed by atoms with Gasteiger partial charge >= 0.3 is 6.18 Å². The smallest absolute Gasteiger partial charge is 0.375 e. The Morgan fingerprint density at radius 2 is 2.04 bits per heavy atom. The molecular formula is C15H17F3N3O2+. The molecule has 0 radical (unpaired) electrons. The molecule has 1 aliphatic heterocycles. The average molecular weight is 328 g/mol. The molecule has 0 amide bonds. The highest BCUT2D eigenvalue weighted by atomic mass is 19.4. The van der Waals surface area contributed by atoms with Crippen LogP contribution in [0.2, 0.25) is 0 Å². The predicted molar refractivity (Wildman–Crippen MR) is 74.7 cm³/mol. The van der Waals surface area contributed by atoms with Crippen molar-refractivity contribution >= 4 is 11.9 Å². The molecule has 4 rings (SSSR count). The van der Waals surface area contributed by atoms with E-state index in [1.54, 1.807) is 0 Å². The Balaban J connectivity index is 1.80. The van der Waals surface area contributed by atoms with Gasteiger partial charge in [0.15, 0.2) is 18.0 Å². The van der Waals surface area contributed by atoms with Crippen molar-refractivity contribution in [2.24, 2.45) is 5.10 Å². The monoisotopic (exact) mass is 328 g/mol. The first-order valence-electron chi connectivity index (χ1n) is 7.70. The summed E-state index contributed by atoms with van der Waals surface area (Å²) in [4.78, 5) is 0. The summed E-state index contributed by atoms with van der Waals surface area (Å²) in [5, 5.41) is 18.1. The summed E-state index contributed by atoms with van der Waals surface area (Å²) in [5.41, 5.74) is -2.19. The highest BCUT2D eigenvalue weighted by Crippen LogP contribution is 2.47. The molecule has 1 aromatic rings. The molecule has 0 saturated heterocycles. The minimum absolute atomic E-state index is 0.234. The van der Waals surface area contributed by atoms with Crippen LogP contribution in [0.25, 0.3) is 0 Å². The van der Waals surface area contributed by atoms with E-state index in [9.17, 15) is 18.3 Å². The Kier molecular flexibility index (Phi) is 2.87. The van der Waals surface area contributed by atoms with Gasteiger partial charge in [-0.25, -0.2) is 0 Å². The summed E-state index contributed by atoms with van der Waals surface area (Å²) in [6, 6.07) is 0.396. The van der Waals surface area contributed by atoms with Crippen LogP contribution in [0.3, 0.4) is 0 Å². The van der Waals surface area contributed by atoms with Crippen molar-refractivity contribution < 1.29 is 27.5 Å². The highest BCUT2D eigenvalue weighted by Gasteiger charge is 2.57. The topological polar surface area (TPSA) is 61.6 Å². The van der Waals surface area contributed by atoms with Crippen LogP contribution >= 0.6 is 0 Å². The van der Waals surface area contributed by atoms with E-state index in [0.717, 1.165) is 25.5 Å². The Hall–Kier alpha value is -1.70. The summed E-state index contributed by atoms with van der Waals surface area (Å²) in [5.74, 6) is -0.125. The number of hydrogen-bond acceptors (Lipinski definition) is 4. The molecule has 0 aromatic carbocycles. The third kappa shape index (κ3) is 2.07. The van der Waals surface area contributed by atoms with Gasteiger partial charge in [0.25, 0.3) is 0 Å². The molecule has 0 bridgehead atoms. The van der Waals surface area contributed by atoms with Crippen LogP contribution in [-0.4, -0.2) is 39.1 Å². The molecule has 124 valence electrons. The second kappa shape index (κ2) is 4.43. The van der Waals surface area contributed by atoms with E-state index in [4.69, 9.17) is 4.52 Å². The number of aliphatic hydroxyl groups is 1. The Bertz CT molecular complexity index is 729. The van der Waals surface area contributed by atoms with Gasteiger partial charge in [-0.3, -0.25) is 0 Å².